The Balaban J connectivity index is 2.37. The average Bonchev–Trinajstić information content (AvgIpc) is 2.57. The van der Waals surface area contributed by atoms with Crippen molar-refractivity contribution in [2.24, 2.45) is 0 Å². The molecule has 0 fully saturated rings. The molecule has 118 valence electrons. The molecule has 4 heteroatoms. The molecule has 2 rings (SSSR count). The highest BCUT2D eigenvalue weighted by atomic mass is 35.5. The van der Waals surface area contributed by atoms with E-state index in [2.05, 4.69) is 6.07 Å². The summed E-state index contributed by atoms with van der Waals surface area (Å²) in [5, 5.41) is 10.3. The molecule has 23 heavy (non-hydrogen) atoms. The molecule has 0 saturated carbocycles. The van der Waals surface area contributed by atoms with E-state index in [9.17, 15) is 10.1 Å². The molecule has 0 bridgehead atoms. The molecule has 0 spiro atoms. The van der Waals surface area contributed by atoms with Crippen LogP contribution in [0.5, 0.6) is 0 Å². The molecule has 0 aliphatic heterocycles. The lowest BCUT2D eigenvalue weighted by atomic mass is 9.80. The average molecular weight is 328 g/mol. The molecule has 0 aromatic heterocycles. The normalized spacial score (nSPS) is 12.9. The van der Waals surface area contributed by atoms with Gasteiger partial charge < -0.3 is 4.74 Å². The van der Waals surface area contributed by atoms with Crippen molar-refractivity contribution in [3.8, 4) is 6.07 Å². The first-order chi connectivity index (χ1) is 11.2. The Morgan fingerprint density at radius 1 is 1.13 bits per heavy atom. The number of hydrogen-bond donors (Lipinski definition) is 0. The summed E-state index contributed by atoms with van der Waals surface area (Å²) in [6.45, 7) is 2.10. The van der Waals surface area contributed by atoms with Gasteiger partial charge in [0.05, 0.1) is 25.0 Å². The quantitative estimate of drug-likeness (QED) is 0.723. The van der Waals surface area contributed by atoms with Crippen molar-refractivity contribution in [1.82, 2.24) is 0 Å². The lowest BCUT2D eigenvalue weighted by molar-refractivity contribution is -0.143. The van der Waals surface area contributed by atoms with E-state index in [0.29, 0.717) is 11.6 Å². The van der Waals surface area contributed by atoms with Gasteiger partial charge in [0.25, 0.3) is 0 Å². The third-order valence-corrected chi connectivity index (χ3v) is 3.94. The molecule has 0 radical (unpaired) electrons. The van der Waals surface area contributed by atoms with Gasteiger partial charge in [-0.1, -0.05) is 54.1 Å². The van der Waals surface area contributed by atoms with Gasteiger partial charge in [-0.25, -0.2) is 0 Å². The molecule has 0 aliphatic carbocycles. The number of benzene rings is 2. The second-order valence-corrected chi connectivity index (χ2v) is 5.62. The Bertz CT molecular complexity index is 677. The summed E-state index contributed by atoms with van der Waals surface area (Å²) in [7, 11) is 0. The van der Waals surface area contributed by atoms with Gasteiger partial charge in [-0.05, 0) is 30.2 Å². The molecule has 0 aliphatic rings. The van der Waals surface area contributed by atoms with Gasteiger partial charge in [-0.3, -0.25) is 4.79 Å². The van der Waals surface area contributed by atoms with E-state index < -0.39 is 5.92 Å². The lowest BCUT2D eigenvalue weighted by Crippen LogP contribution is -2.16. The van der Waals surface area contributed by atoms with Crippen LogP contribution in [0.1, 0.15) is 36.3 Å². The van der Waals surface area contributed by atoms with Crippen LogP contribution in [0.15, 0.2) is 54.6 Å². The van der Waals surface area contributed by atoms with Crippen LogP contribution < -0.4 is 0 Å². The van der Waals surface area contributed by atoms with E-state index in [4.69, 9.17) is 16.3 Å². The Morgan fingerprint density at radius 2 is 1.78 bits per heavy atom. The molecule has 2 unspecified atom stereocenters. The minimum atomic E-state index is -0.429. The van der Waals surface area contributed by atoms with Gasteiger partial charge >= 0.3 is 5.97 Å². The van der Waals surface area contributed by atoms with E-state index in [-0.39, 0.29) is 18.3 Å². The molecule has 0 heterocycles. The largest absolute Gasteiger partial charge is 0.466 e. The predicted octanol–water partition coefficient (Wildman–Crippen LogP) is 4.68. The Kier molecular flexibility index (Phi) is 6.19. The van der Waals surface area contributed by atoms with Gasteiger partial charge in [0, 0.05) is 10.9 Å². The SMILES string of the molecule is CCOC(=O)CC(c1ccc(Cl)cc1)C(C#N)c1ccccc1. The van der Waals surface area contributed by atoms with E-state index in [1.807, 2.05) is 42.5 Å². The standard InChI is InChI=1S/C19H18ClNO2/c1-2-23-19(22)12-17(15-8-10-16(20)11-9-15)18(13-21)14-6-4-3-5-7-14/h3-11,17-18H,2,12H2,1H3. The summed E-state index contributed by atoms with van der Waals surface area (Å²) in [4.78, 5) is 12.0. The van der Waals surface area contributed by atoms with Crippen molar-refractivity contribution in [2.45, 2.75) is 25.2 Å². The van der Waals surface area contributed by atoms with Gasteiger partial charge in [0.2, 0.25) is 0 Å². The fourth-order valence-corrected chi connectivity index (χ4v) is 2.72. The molecule has 2 atom stereocenters. The smallest absolute Gasteiger partial charge is 0.306 e. The van der Waals surface area contributed by atoms with Crippen LogP contribution >= 0.6 is 11.6 Å². The summed E-state index contributed by atoms with van der Waals surface area (Å²) in [6.07, 6.45) is 0.155. The number of ether oxygens (including phenoxy) is 1. The van der Waals surface area contributed by atoms with Crippen molar-refractivity contribution >= 4 is 17.6 Å². The predicted molar refractivity (Wildman–Crippen MR) is 90.2 cm³/mol. The maximum atomic E-state index is 12.0. The number of esters is 1. The van der Waals surface area contributed by atoms with Crippen LogP contribution in [0.3, 0.4) is 0 Å². The second-order valence-electron chi connectivity index (χ2n) is 5.18. The Morgan fingerprint density at radius 3 is 2.35 bits per heavy atom. The van der Waals surface area contributed by atoms with E-state index in [0.717, 1.165) is 11.1 Å². The minimum Gasteiger partial charge on any atom is -0.466 e. The summed E-state index contributed by atoms with van der Waals surface area (Å²) in [6, 6.07) is 19.1. The molecule has 0 amide bonds. The molecule has 2 aromatic rings. The molecule has 0 N–H and O–H groups in total. The lowest BCUT2D eigenvalue weighted by Gasteiger charge is -2.22. The number of hydrogen-bond acceptors (Lipinski definition) is 3. The number of rotatable bonds is 6. The van der Waals surface area contributed by atoms with Crippen molar-refractivity contribution < 1.29 is 9.53 Å². The highest BCUT2D eigenvalue weighted by Gasteiger charge is 2.27. The first kappa shape index (κ1) is 17.1. The van der Waals surface area contributed by atoms with Crippen molar-refractivity contribution in [3.63, 3.8) is 0 Å². The highest BCUT2D eigenvalue weighted by molar-refractivity contribution is 6.30. The molecule has 3 nitrogen and oxygen atoms in total. The monoisotopic (exact) mass is 327 g/mol. The first-order valence-corrected chi connectivity index (χ1v) is 7.89. The molecule has 2 aromatic carbocycles. The van der Waals surface area contributed by atoms with Gasteiger partial charge in [0.1, 0.15) is 0 Å². The maximum absolute atomic E-state index is 12.0. The summed E-state index contributed by atoms with van der Waals surface area (Å²) in [5.41, 5.74) is 1.79. The zero-order valence-electron chi connectivity index (χ0n) is 12.9. The summed E-state index contributed by atoms with van der Waals surface area (Å²) in [5.74, 6) is -1.01. The van der Waals surface area contributed by atoms with Gasteiger partial charge in [-0.15, -0.1) is 0 Å². The van der Waals surface area contributed by atoms with Crippen LogP contribution in [-0.2, 0) is 9.53 Å². The first-order valence-electron chi connectivity index (χ1n) is 7.51. The fourth-order valence-electron chi connectivity index (χ4n) is 2.59. The Labute approximate surface area is 141 Å². The van der Waals surface area contributed by atoms with Crippen molar-refractivity contribution in [2.75, 3.05) is 6.61 Å². The maximum Gasteiger partial charge on any atom is 0.306 e. The Hall–Kier alpha value is -2.31. The number of nitriles is 1. The summed E-state index contributed by atoms with van der Waals surface area (Å²) >= 11 is 5.95. The van der Waals surface area contributed by atoms with Gasteiger partial charge in [-0.2, -0.15) is 5.26 Å². The second kappa shape index (κ2) is 8.36. The number of carbonyl (C=O) groups is 1. The third-order valence-electron chi connectivity index (χ3n) is 3.69. The topological polar surface area (TPSA) is 50.1 Å². The third kappa shape index (κ3) is 4.58. The zero-order valence-corrected chi connectivity index (χ0v) is 13.7. The van der Waals surface area contributed by atoms with E-state index >= 15 is 0 Å². The minimum absolute atomic E-state index is 0.155. The number of carbonyl (C=O) groups excluding carboxylic acids is 1. The zero-order chi connectivity index (χ0) is 16.7. The van der Waals surface area contributed by atoms with Crippen LogP contribution in [0.25, 0.3) is 0 Å². The van der Waals surface area contributed by atoms with Crippen LogP contribution in [0.2, 0.25) is 5.02 Å². The molecular weight excluding hydrogens is 310 g/mol. The van der Waals surface area contributed by atoms with Crippen molar-refractivity contribution in [1.29, 1.82) is 5.26 Å². The molecule has 0 saturated heterocycles. The highest BCUT2D eigenvalue weighted by Crippen LogP contribution is 2.36. The van der Waals surface area contributed by atoms with E-state index in [1.54, 1.807) is 19.1 Å². The van der Waals surface area contributed by atoms with Gasteiger partial charge in [0.15, 0.2) is 0 Å². The van der Waals surface area contributed by atoms with Crippen LogP contribution in [0, 0.1) is 11.3 Å². The number of halogens is 1. The van der Waals surface area contributed by atoms with Crippen LogP contribution in [0.4, 0.5) is 0 Å². The summed E-state index contributed by atoms with van der Waals surface area (Å²) < 4.78 is 5.07. The fraction of sp³-hybridized carbons (Fsp3) is 0.263. The van der Waals surface area contributed by atoms with Crippen molar-refractivity contribution in [3.05, 3.63) is 70.7 Å². The van der Waals surface area contributed by atoms with Crippen LogP contribution in [-0.4, -0.2) is 12.6 Å². The van der Waals surface area contributed by atoms with E-state index in [1.165, 1.54) is 0 Å². The molecular formula is C19H18ClNO2. The number of nitrogens with zero attached hydrogens (tertiary/aromatic N) is 1.